The molecule has 1 N–H and O–H groups in total. The number of hydrogen-bond donors (Lipinski definition) is 1. The molecule has 41 heavy (non-hydrogen) atoms. The molecule has 0 fully saturated rings. The Kier molecular flexibility index (Phi) is 13.0. The lowest BCUT2D eigenvalue weighted by Crippen LogP contribution is -2.10. The molecule has 0 aliphatic rings. The molecule has 2 unspecified atom stereocenters. The number of allylic oxidation sites excluding steroid dienone is 2. The van der Waals surface area contributed by atoms with Gasteiger partial charge in [0.25, 0.3) is 0 Å². The van der Waals surface area contributed by atoms with Crippen LogP contribution in [0.25, 0.3) is 10.8 Å². The predicted octanol–water partition coefficient (Wildman–Crippen LogP) is 11.0. The lowest BCUT2D eigenvalue weighted by Gasteiger charge is -2.17. The van der Waals surface area contributed by atoms with Gasteiger partial charge in [0.05, 0.1) is 5.56 Å². The SMILES string of the molecule is CC(=CCc1c(C)c(OC(=O)c2ccccc2)c2ccccc2c1O)CCCC(C)CCCC(C)CCCC(C)C. The number of ether oxygens (including phenoxy) is 1. The Bertz CT molecular complexity index is 1270. The number of benzene rings is 3. The van der Waals surface area contributed by atoms with Crippen molar-refractivity contribution >= 4 is 16.7 Å². The van der Waals surface area contributed by atoms with Crippen molar-refractivity contribution in [3.05, 3.63) is 82.9 Å². The number of aromatic hydroxyl groups is 1. The summed E-state index contributed by atoms with van der Waals surface area (Å²) in [5.74, 6) is 2.84. The van der Waals surface area contributed by atoms with Crippen LogP contribution in [0.4, 0.5) is 0 Å². The molecule has 3 aromatic carbocycles. The van der Waals surface area contributed by atoms with Crippen molar-refractivity contribution in [2.45, 2.75) is 106 Å². The van der Waals surface area contributed by atoms with E-state index in [1.807, 2.05) is 49.4 Å². The lowest BCUT2D eigenvalue weighted by atomic mass is 9.91. The first-order chi connectivity index (χ1) is 19.7. The topological polar surface area (TPSA) is 46.5 Å². The van der Waals surface area contributed by atoms with E-state index in [9.17, 15) is 9.90 Å². The summed E-state index contributed by atoms with van der Waals surface area (Å²) in [6.45, 7) is 13.6. The van der Waals surface area contributed by atoms with E-state index >= 15 is 0 Å². The summed E-state index contributed by atoms with van der Waals surface area (Å²) in [6.07, 6.45) is 14.5. The van der Waals surface area contributed by atoms with Gasteiger partial charge in [-0.05, 0) is 68.6 Å². The zero-order chi connectivity index (χ0) is 29.8. The van der Waals surface area contributed by atoms with E-state index in [0.29, 0.717) is 23.1 Å². The van der Waals surface area contributed by atoms with Crippen LogP contribution in [-0.2, 0) is 6.42 Å². The summed E-state index contributed by atoms with van der Waals surface area (Å²) in [7, 11) is 0. The molecule has 0 aromatic heterocycles. The molecule has 0 spiro atoms. The summed E-state index contributed by atoms with van der Waals surface area (Å²) in [5, 5.41) is 12.6. The van der Waals surface area contributed by atoms with Crippen LogP contribution in [0.5, 0.6) is 11.5 Å². The fraction of sp³-hybridized carbons (Fsp3) is 0.500. The summed E-state index contributed by atoms with van der Waals surface area (Å²) in [5.41, 5.74) is 3.47. The molecule has 222 valence electrons. The fourth-order valence-electron chi connectivity index (χ4n) is 5.76. The van der Waals surface area contributed by atoms with Gasteiger partial charge in [0.15, 0.2) is 0 Å². The van der Waals surface area contributed by atoms with E-state index in [1.165, 1.54) is 56.9 Å². The number of esters is 1. The second-order valence-electron chi connectivity index (χ2n) is 12.7. The minimum Gasteiger partial charge on any atom is -0.507 e. The number of rotatable bonds is 16. The van der Waals surface area contributed by atoms with Crippen molar-refractivity contribution in [3.8, 4) is 11.5 Å². The maximum absolute atomic E-state index is 12.9. The zero-order valence-electron chi connectivity index (χ0n) is 26.3. The average Bonchev–Trinajstić information content (AvgIpc) is 2.95. The highest BCUT2D eigenvalue weighted by atomic mass is 16.5. The maximum atomic E-state index is 12.9. The van der Waals surface area contributed by atoms with Gasteiger partial charge in [-0.1, -0.05) is 127 Å². The van der Waals surface area contributed by atoms with E-state index in [1.54, 1.807) is 12.1 Å². The standard InChI is InChI=1S/C38H52O3/c1-27(2)15-12-16-28(3)17-13-18-29(4)19-14-20-30(5)25-26-33-31(6)37(35-24-11-10-23-34(35)36(33)39)41-38(40)32-21-8-7-9-22-32/h7-11,21-25,27-29,39H,12-20,26H2,1-6H3. The lowest BCUT2D eigenvalue weighted by molar-refractivity contribution is 0.0735. The first kappa shape index (κ1) is 32.4. The molecule has 0 amide bonds. The normalized spacial score (nSPS) is 13.5. The molecule has 0 saturated heterocycles. The summed E-state index contributed by atoms with van der Waals surface area (Å²) < 4.78 is 5.94. The smallest absolute Gasteiger partial charge is 0.343 e. The fourth-order valence-corrected chi connectivity index (χ4v) is 5.76. The Balaban J connectivity index is 1.56. The molecule has 0 bridgehead atoms. The molecule has 3 aromatic rings. The zero-order valence-corrected chi connectivity index (χ0v) is 26.3. The van der Waals surface area contributed by atoms with Gasteiger partial charge in [0.2, 0.25) is 0 Å². The van der Waals surface area contributed by atoms with Crippen molar-refractivity contribution < 1.29 is 14.6 Å². The Morgan fingerprint density at radius 1 is 0.805 bits per heavy atom. The summed E-state index contributed by atoms with van der Waals surface area (Å²) >= 11 is 0. The number of carbonyl (C=O) groups is 1. The van der Waals surface area contributed by atoms with Gasteiger partial charge in [0, 0.05) is 16.3 Å². The van der Waals surface area contributed by atoms with Crippen LogP contribution < -0.4 is 4.74 Å². The van der Waals surface area contributed by atoms with E-state index in [2.05, 4.69) is 40.7 Å². The van der Waals surface area contributed by atoms with Gasteiger partial charge >= 0.3 is 5.97 Å². The molecule has 0 heterocycles. The molecular weight excluding hydrogens is 504 g/mol. The number of fused-ring (bicyclic) bond motifs is 1. The van der Waals surface area contributed by atoms with Crippen molar-refractivity contribution in [3.63, 3.8) is 0 Å². The van der Waals surface area contributed by atoms with Crippen LogP contribution in [0.3, 0.4) is 0 Å². The van der Waals surface area contributed by atoms with Crippen LogP contribution in [0.15, 0.2) is 66.2 Å². The Hall–Kier alpha value is -3.07. The molecule has 3 heteroatoms. The quantitative estimate of drug-likeness (QED) is 0.108. The molecule has 2 atom stereocenters. The second-order valence-corrected chi connectivity index (χ2v) is 12.7. The molecule has 3 nitrogen and oxygen atoms in total. The molecular formula is C38H52O3. The largest absolute Gasteiger partial charge is 0.507 e. The van der Waals surface area contributed by atoms with E-state index in [-0.39, 0.29) is 5.75 Å². The van der Waals surface area contributed by atoms with Crippen molar-refractivity contribution in [1.82, 2.24) is 0 Å². The number of carbonyl (C=O) groups excluding carboxylic acids is 1. The second kappa shape index (κ2) is 16.4. The number of phenolic OH excluding ortho intramolecular Hbond substituents is 1. The molecule has 0 saturated carbocycles. The van der Waals surface area contributed by atoms with Crippen molar-refractivity contribution in [1.29, 1.82) is 0 Å². The molecule has 0 aliphatic heterocycles. The third-order valence-corrected chi connectivity index (χ3v) is 8.51. The number of phenols is 1. The predicted molar refractivity (Wildman–Crippen MR) is 174 cm³/mol. The van der Waals surface area contributed by atoms with Crippen molar-refractivity contribution in [2.24, 2.45) is 17.8 Å². The van der Waals surface area contributed by atoms with E-state index in [0.717, 1.165) is 40.7 Å². The van der Waals surface area contributed by atoms with Gasteiger partial charge in [0.1, 0.15) is 11.5 Å². The van der Waals surface area contributed by atoms with Crippen LogP contribution >= 0.6 is 0 Å². The van der Waals surface area contributed by atoms with Crippen LogP contribution in [0, 0.1) is 24.7 Å². The minimum absolute atomic E-state index is 0.272. The third-order valence-electron chi connectivity index (χ3n) is 8.51. The van der Waals surface area contributed by atoms with E-state index < -0.39 is 5.97 Å². The third kappa shape index (κ3) is 10.1. The summed E-state index contributed by atoms with van der Waals surface area (Å²) in [4.78, 5) is 12.9. The van der Waals surface area contributed by atoms with Gasteiger partial charge in [-0.15, -0.1) is 0 Å². The van der Waals surface area contributed by atoms with Gasteiger partial charge in [-0.3, -0.25) is 0 Å². The van der Waals surface area contributed by atoms with Crippen LogP contribution in [0.2, 0.25) is 0 Å². The van der Waals surface area contributed by atoms with Gasteiger partial charge < -0.3 is 9.84 Å². The minimum atomic E-state index is -0.392. The summed E-state index contributed by atoms with van der Waals surface area (Å²) in [6, 6.07) is 16.6. The highest BCUT2D eigenvalue weighted by Gasteiger charge is 2.20. The Morgan fingerprint density at radius 3 is 2.00 bits per heavy atom. The Morgan fingerprint density at radius 2 is 1.37 bits per heavy atom. The van der Waals surface area contributed by atoms with Crippen molar-refractivity contribution in [2.75, 3.05) is 0 Å². The Labute approximate surface area is 249 Å². The number of hydrogen-bond acceptors (Lipinski definition) is 3. The first-order valence-corrected chi connectivity index (χ1v) is 15.8. The first-order valence-electron chi connectivity index (χ1n) is 15.8. The highest BCUT2D eigenvalue weighted by molar-refractivity contribution is 5.99. The van der Waals surface area contributed by atoms with Crippen LogP contribution in [0.1, 0.15) is 114 Å². The monoisotopic (exact) mass is 556 g/mol. The average molecular weight is 557 g/mol. The molecule has 0 aliphatic carbocycles. The van der Waals surface area contributed by atoms with Gasteiger partial charge in [-0.25, -0.2) is 4.79 Å². The highest BCUT2D eigenvalue weighted by Crippen LogP contribution is 2.40. The van der Waals surface area contributed by atoms with Crippen LogP contribution in [-0.4, -0.2) is 11.1 Å². The molecule has 3 rings (SSSR count). The van der Waals surface area contributed by atoms with E-state index in [4.69, 9.17) is 4.74 Å². The van der Waals surface area contributed by atoms with Gasteiger partial charge in [-0.2, -0.15) is 0 Å². The maximum Gasteiger partial charge on any atom is 0.343 e. The molecule has 0 radical (unpaired) electrons.